The summed E-state index contributed by atoms with van der Waals surface area (Å²) in [5.74, 6) is -0.664. The van der Waals surface area contributed by atoms with Gasteiger partial charge in [0.15, 0.2) is 5.78 Å². The van der Waals surface area contributed by atoms with Gasteiger partial charge in [-0.25, -0.2) is 9.18 Å². The van der Waals surface area contributed by atoms with Gasteiger partial charge in [-0.1, -0.05) is 11.6 Å². The van der Waals surface area contributed by atoms with Crippen molar-refractivity contribution in [3.05, 3.63) is 58.9 Å². The normalized spacial score (nSPS) is 10.0. The number of amides is 2. The Kier molecular flexibility index (Phi) is 4.55. The zero-order valence-electron chi connectivity index (χ0n) is 11.1. The van der Waals surface area contributed by atoms with E-state index in [1.165, 1.54) is 19.1 Å². The lowest BCUT2D eigenvalue weighted by atomic mass is 10.1. The van der Waals surface area contributed by atoms with E-state index in [4.69, 9.17) is 11.6 Å². The fraction of sp³-hybridized carbons (Fsp3) is 0.0667. The second-order valence-corrected chi connectivity index (χ2v) is 4.75. The molecule has 108 valence electrons. The van der Waals surface area contributed by atoms with Crippen molar-refractivity contribution in [1.29, 1.82) is 0 Å². The highest BCUT2D eigenvalue weighted by Gasteiger charge is 2.06. The molecule has 2 amide bonds. The molecule has 0 atom stereocenters. The van der Waals surface area contributed by atoms with Gasteiger partial charge in [0.2, 0.25) is 0 Å². The lowest BCUT2D eigenvalue weighted by Gasteiger charge is -2.08. The van der Waals surface area contributed by atoms with Crippen LogP contribution in [0.5, 0.6) is 0 Å². The third-order valence-electron chi connectivity index (χ3n) is 2.73. The Balaban J connectivity index is 2.01. The van der Waals surface area contributed by atoms with Gasteiger partial charge in [-0.3, -0.25) is 4.79 Å². The van der Waals surface area contributed by atoms with Crippen LogP contribution in [0.2, 0.25) is 5.02 Å². The van der Waals surface area contributed by atoms with Crippen LogP contribution in [-0.2, 0) is 0 Å². The molecule has 0 heterocycles. The number of nitrogens with one attached hydrogen (secondary N) is 2. The summed E-state index contributed by atoms with van der Waals surface area (Å²) in [6, 6.07) is 9.89. The maximum absolute atomic E-state index is 13.2. The highest BCUT2D eigenvalue weighted by molar-refractivity contribution is 6.30. The van der Waals surface area contributed by atoms with Gasteiger partial charge in [0.05, 0.1) is 5.02 Å². The maximum Gasteiger partial charge on any atom is 0.323 e. The highest BCUT2D eigenvalue weighted by Crippen LogP contribution is 2.19. The Bertz CT molecular complexity index is 687. The van der Waals surface area contributed by atoms with Gasteiger partial charge in [-0.05, 0) is 49.4 Å². The molecule has 4 nitrogen and oxygen atoms in total. The molecule has 0 aliphatic rings. The molecular weight excluding hydrogens is 295 g/mol. The average molecular weight is 307 g/mol. The minimum atomic E-state index is -0.611. The summed E-state index contributed by atoms with van der Waals surface area (Å²) < 4.78 is 13.2. The lowest BCUT2D eigenvalue weighted by molar-refractivity contribution is 0.101. The van der Waals surface area contributed by atoms with Crippen molar-refractivity contribution in [2.24, 2.45) is 0 Å². The maximum atomic E-state index is 13.2. The van der Waals surface area contributed by atoms with Crippen molar-refractivity contribution in [2.75, 3.05) is 10.6 Å². The van der Waals surface area contributed by atoms with Crippen LogP contribution in [-0.4, -0.2) is 11.8 Å². The summed E-state index contributed by atoms with van der Waals surface area (Å²) in [5.41, 5.74) is 1.36. The average Bonchev–Trinajstić information content (AvgIpc) is 2.43. The van der Waals surface area contributed by atoms with Gasteiger partial charge >= 0.3 is 6.03 Å². The summed E-state index contributed by atoms with van der Waals surface area (Å²) in [4.78, 5) is 22.9. The first-order valence-corrected chi connectivity index (χ1v) is 6.47. The predicted octanol–water partition coefficient (Wildman–Crippen LogP) is 4.33. The molecule has 2 N–H and O–H groups in total. The van der Waals surface area contributed by atoms with Crippen molar-refractivity contribution in [1.82, 2.24) is 0 Å². The minimum Gasteiger partial charge on any atom is -0.308 e. The molecule has 2 rings (SSSR count). The molecule has 0 aliphatic carbocycles. The summed E-state index contributed by atoms with van der Waals surface area (Å²) in [5, 5.41) is 5.04. The molecule has 2 aromatic carbocycles. The van der Waals surface area contributed by atoms with Gasteiger partial charge in [0, 0.05) is 16.9 Å². The minimum absolute atomic E-state index is 0.0132. The van der Waals surface area contributed by atoms with Crippen LogP contribution in [0.3, 0.4) is 0 Å². The Morgan fingerprint density at radius 3 is 2.14 bits per heavy atom. The zero-order valence-corrected chi connectivity index (χ0v) is 11.9. The fourth-order valence-electron chi connectivity index (χ4n) is 1.66. The van der Waals surface area contributed by atoms with Crippen LogP contribution in [0.25, 0.3) is 0 Å². The lowest BCUT2D eigenvalue weighted by Crippen LogP contribution is -2.19. The Hall–Kier alpha value is -2.40. The molecule has 0 spiro atoms. The molecule has 0 radical (unpaired) electrons. The quantitative estimate of drug-likeness (QED) is 0.829. The third kappa shape index (κ3) is 4.03. The number of hydrogen-bond acceptors (Lipinski definition) is 2. The fourth-order valence-corrected chi connectivity index (χ4v) is 1.77. The van der Waals surface area contributed by atoms with E-state index in [0.29, 0.717) is 11.3 Å². The summed E-state index contributed by atoms with van der Waals surface area (Å²) in [7, 11) is 0. The first-order valence-electron chi connectivity index (χ1n) is 6.10. The van der Waals surface area contributed by atoms with Crippen LogP contribution in [0.15, 0.2) is 42.5 Å². The van der Waals surface area contributed by atoms with Crippen LogP contribution < -0.4 is 10.6 Å². The van der Waals surface area contributed by atoms with Crippen LogP contribution >= 0.6 is 11.6 Å². The molecule has 21 heavy (non-hydrogen) atoms. The first kappa shape index (κ1) is 15.0. The second-order valence-electron chi connectivity index (χ2n) is 4.34. The van der Waals surface area contributed by atoms with Crippen molar-refractivity contribution in [3.8, 4) is 0 Å². The van der Waals surface area contributed by atoms with E-state index in [2.05, 4.69) is 10.6 Å². The largest absolute Gasteiger partial charge is 0.323 e. The number of carbonyl (C=O) groups is 2. The molecular formula is C15H12ClFN2O2. The Morgan fingerprint density at radius 2 is 1.57 bits per heavy atom. The van der Waals surface area contributed by atoms with E-state index in [1.54, 1.807) is 24.3 Å². The number of anilines is 2. The molecule has 0 saturated heterocycles. The van der Waals surface area contributed by atoms with Crippen molar-refractivity contribution in [3.63, 3.8) is 0 Å². The standard InChI is InChI=1S/C15H12ClFN2O2/c1-9(20)10-2-4-11(5-3-10)18-15(21)19-12-6-7-13(16)14(17)8-12/h2-8H,1H3,(H2,18,19,21). The number of ketones is 1. The van der Waals surface area contributed by atoms with Gasteiger partial charge in [-0.15, -0.1) is 0 Å². The van der Waals surface area contributed by atoms with Gasteiger partial charge in [-0.2, -0.15) is 0 Å². The van der Waals surface area contributed by atoms with Gasteiger partial charge in [0.1, 0.15) is 5.82 Å². The number of halogens is 2. The second kappa shape index (κ2) is 6.37. The van der Waals surface area contributed by atoms with E-state index < -0.39 is 11.8 Å². The Labute approximate surface area is 125 Å². The molecule has 0 bridgehead atoms. The van der Waals surface area contributed by atoms with Gasteiger partial charge in [0.25, 0.3) is 0 Å². The molecule has 0 saturated carbocycles. The number of hydrogen-bond donors (Lipinski definition) is 2. The molecule has 2 aromatic rings. The summed E-state index contributed by atoms with van der Waals surface area (Å²) in [6.07, 6.45) is 0. The van der Waals surface area contributed by atoms with Gasteiger partial charge < -0.3 is 10.6 Å². The molecule has 0 aromatic heterocycles. The van der Waals surface area contributed by atoms with Crippen LogP contribution in [0, 0.1) is 5.82 Å². The number of carbonyl (C=O) groups excluding carboxylic acids is 2. The molecule has 0 unspecified atom stereocenters. The van der Waals surface area contributed by atoms with Crippen molar-refractivity contribution >= 4 is 34.8 Å². The van der Waals surface area contributed by atoms with Crippen molar-refractivity contribution in [2.45, 2.75) is 6.92 Å². The molecule has 0 aliphatic heterocycles. The number of benzene rings is 2. The zero-order chi connectivity index (χ0) is 15.4. The van der Waals surface area contributed by atoms with E-state index in [-0.39, 0.29) is 16.5 Å². The monoisotopic (exact) mass is 306 g/mol. The predicted molar refractivity (Wildman–Crippen MR) is 80.5 cm³/mol. The summed E-state index contributed by atoms with van der Waals surface area (Å²) >= 11 is 5.56. The van der Waals surface area contributed by atoms with E-state index in [1.807, 2.05) is 0 Å². The molecule has 6 heteroatoms. The van der Waals surface area contributed by atoms with Crippen molar-refractivity contribution < 1.29 is 14.0 Å². The number of Topliss-reactive ketones (excluding diaryl/α,β-unsaturated/α-hetero) is 1. The highest BCUT2D eigenvalue weighted by atomic mass is 35.5. The first-order chi connectivity index (χ1) is 9.95. The smallest absolute Gasteiger partial charge is 0.308 e. The number of urea groups is 1. The van der Waals surface area contributed by atoms with E-state index in [9.17, 15) is 14.0 Å². The Morgan fingerprint density at radius 1 is 1.00 bits per heavy atom. The third-order valence-corrected chi connectivity index (χ3v) is 3.03. The topological polar surface area (TPSA) is 58.2 Å². The van der Waals surface area contributed by atoms with E-state index >= 15 is 0 Å². The number of rotatable bonds is 3. The molecule has 0 fully saturated rings. The van der Waals surface area contributed by atoms with Crippen LogP contribution in [0.1, 0.15) is 17.3 Å². The van der Waals surface area contributed by atoms with Crippen LogP contribution in [0.4, 0.5) is 20.6 Å². The van der Waals surface area contributed by atoms with E-state index in [0.717, 1.165) is 6.07 Å². The summed E-state index contributed by atoms with van der Waals surface area (Å²) in [6.45, 7) is 1.46. The SMILES string of the molecule is CC(=O)c1ccc(NC(=O)Nc2ccc(Cl)c(F)c2)cc1.